The van der Waals surface area contributed by atoms with Crippen LogP contribution in [0.2, 0.25) is 0 Å². The molecule has 1 N–H and O–H groups in total. The van der Waals surface area contributed by atoms with Gasteiger partial charge in [-0.1, -0.05) is 0 Å². The van der Waals surface area contributed by atoms with Gasteiger partial charge in [0.25, 0.3) is 0 Å². The molecule has 0 fully saturated rings. The molecule has 1 aromatic carbocycles. The molecule has 0 aliphatic rings. The largest absolute Gasteiger partial charge is 0.493 e. The minimum Gasteiger partial charge on any atom is -0.493 e. The normalized spacial score (nSPS) is 10.5. The molecule has 0 saturated heterocycles. The van der Waals surface area contributed by atoms with Crippen LogP contribution in [0.4, 0.5) is 10.5 Å². The average molecular weight is 306 g/mol. The quantitative estimate of drug-likeness (QED) is 0.846. The fraction of sp³-hybridized carbons (Fsp3) is 0.500. The molecule has 0 spiro atoms. The second-order valence-corrected chi connectivity index (χ2v) is 5.62. The van der Waals surface area contributed by atoms with Gasteiger partial charge in [0.05, 0.1) is 19.9 Å². The van der Waals surface area contributed by atoms with Crippen molar-refractivity contribution in [1.82, 2.24) is 0 Å². The third-order valence-electron chi connectivity index (χ3n) is 2.74. The van der Waals surface area contributed by atoms with E-state index in [-0.39, 0.29) is 0 Å². The van der Waals surface area contributed by atoms with Crippen molar-refractivity contribution in [2.45, 2.75) is 32.8 Å². The fourth-order valence-electron chi connectivity index (χ4n) is 1.83. The molecule has 0 heterocycles. The van der Waals surface area contributed by atoms with E-state index in [0.717, 1.165) is 5.56 Å². The highest BCUT2D eigenvalue weighted by Gasteiger charge is 2.19. The van der Waals surface area contributed by atoms with E-state index in [2.05, 4.69) is 10.2 Å². The summed E-state index contributed by atoms with van der Waals surface area (Å²) in [6.45, 7) is 12.6. The topological polar surface area (TPSA) is 61.2 Å². The molecule has 0 bridgehead atoms. The van der Waals surface area contributed by atoms with E-state index in [9.17, 15) is 4.79 Å². The zero-order valence-corrected chi connectivity index (χ0v) is 13.6. The SMILES string of the molecule is [C-]#[N+]CCc1cc(OC)c(OC)cc1NC(=O)OC(C)(C)C. The molecular formula is C16H22N2O4. The smallest absolute Gasteiger partial charge is 0.412 e. The number of carbonyl (C=O) groups excluding carboxylic acids is 1. The van der Waals surface area contributed by atoms with Gasteiger partial charge in [0.15, 0.2) is 11.5 Å². The first-order valence-electron chi connectivity index (χ1n) is 6.89. The minimum atomic E-state index is -0.586. The first-order chi connectivity index (χ1) is 10.3. The first-order valence-corrected chi connectivity index (χ1v) is 6.89. The van der Waals surface area contributed by atoms with Crippen molar-refractivity contribution in [2.24, 2.45) is 0 Å². The molecule has 6 nitrogen and oxygen atoms in total. The maximum Gasteiger partial charge on any atom is 0.412 e. The van der Waals surface area contributed by atoms with Crippen LogP contribution < -0.4 is 14.8 Å². The summed E-state index contributed by atoms with van der Waals surface area (Å²) in [7, 11) is 3.06. The number of nitrogens with zero attached hydrogens (tertiary/aromatic N) is 1. The molecule has 0 aliphatic heterocycles. The van der Waals surface area contributed by atoms with Gasteiger partial charge >= 0.3 is 6.09 Å². The molecule has 120 valence electrons. The average Bonchev–Trinajstić information content (AvgIpc) is 2.43. The van der Waals surface area contributed by atoms with Crippen molar-refractivity contribution in [3.63, 3.8) is 0 Å². The fourth-order valence-corrected chi connectivity index (χ4v) is 1.83. The number of ether oxygens (including phenoxy) is 3. The molecule has 0 saturated carbocycles. The number of hydrogen-bond acceptors (Lipinski definition) is 4. The number of carbonyl (C=O) groups is 1. The lowest BCUT2D eigenvalue weighted by molar-refractivity contribution is 0.0635. The molecule has 0 radical (unpaired) electrons. The monoisotopic (exact) mass is 306 g/mol. The van der Waals surface area contributed by atoms with E-state index in [1.165, 1.54) is 14.2 Å². The van der Waals surface area contributed by atoms with E-state index < -0.39 is 11.7 Å². The lowest BCUT2D eigenvalue weighted by Gasteiger charge is -2.21. The zero-order chi connectivity index (χ0) is 16.8. The summed E-state index contributed by atoms with van der Waals surface area (Å²) in [5.41, 5.74) is 0.757. The molecule has 0 atom stereocenters. The summed E-state index contributed by atoms with van der Waals surface area (Å²) in [4.78, 5) is 15.3. The van der Waals surface area contributed by atoms with Crippen LogP contribution in [0.5, 0.6) is 11.5 Å². The van der Waals surface area contributed by atoms with Crippen LogP contribution in [0.25, 0.3) is 4.85 Å². The number of anilines is 1. The Hall–Kier alpha value is -2.42. The second kappa shape index (κ2) is 7.55. The van der Waals surface area contributed by atoms with Crippen molar-refractivity contribution in [1.29, 1.82) is 0 Å². The number of methoxy groups -OCH3 is 2. The van der Waals surface area contributed by atoms with E-state index in [4.69, 9.17) is 20.8 Å². The van der Waals surface area contributed by atoms with E-state index in [0.29, 0.717) is 30.2 Å². The van der Waals surface area contributed by atoms with Gasteiger partial charge < -0.3 is 19.1 Å². The summed E-state index contributed by atoms with van der Waals surface area (Å²) in [5.74, 6) is 1.05. The zero-order valence-electron chi connectivity index (χ0n) is 13.6. The number of benzene rings is 1. The number of amides is 1. The predicted molar refractivity (Wildman–Crippen MR) is 84.6 cm³/mol. The van der Waals surface area contributed by atoms with E-state index >= 15 is 0 Å². The lowest BCUT2D eigenvalue weighted by atomic mass is 10.1. The Morgan fingerprint density at radius 1 is 1.23 bits per heavy atom. The van der Waals surface area contributed by atoms with Crippen molar-refractivity contribution in [2.75, 3.05) is 26.1 Å². The third-order valence-corrected chi connectivity index (χ3v) is 2.74. The van der Waals surface area contributed by atoms with Gasteiger partial charge in [-0.3, -0.25) is 5.32 Å². The highest BCUT2D eigenvalue weighted by atomic mass is 16.6. The van der Waals surface area contributed by atoms with Crippen LogP contribution in [0.1, 0.15) is 26.3 Å². The molecule has 0 aromatic heterocycles. The Morgan fingerprint density at radius 3 is 2.32 bits per heavy atom. The van der Waals surface area contributed by atoms with Crippen LogP contribution in [0.15, 0.2) is 12.1 Å². The molecule has 22 heavy (non-hydrogen) atoms. The number of rotatable bonds is 5. The summed E-state index contributed by atoms with van der Waals surface area (Å²) in [6, 6.07) is 3.43. The van der Waals surface area contributed by atoms with Crippen molar-refractivity contribution in [3.8, 4) is 11.5 Å². The molecule has 0 unspecified atom stereocenters. The Kier molecular flexibility index (Phi) is 6.05. The molecule has 1 amide bonds. The Labute approximate surface area is 131 Å². The van der Waals surface area contributed by atoms with Gasteiger partial charge in [-0.05, 0) is 32.4 Å². The Balaban J connectivity index is 3.09. The maximum absolute atomic E-state index is 11.9. The third kappa shape index (κ3) is 5.17. The van der Waals surface area contributed by atoms with Gasteiger partial charge in [0.1, 0.15) is 5.60 Å². The summed E-state index contributed by atoms with van der Waals surface area (Å²) in [5, 5.41) is 2.70. The standard InChI is InChI=1S/C16H22N2O4/c1-16(2,3)22-15(19)18-12-10-14(21-6)13(20-5)9-11(12)7-8-17-4/h9-10H,7-8H2,1-3,5-6H3,(H,18,19). The summed E-state index contributed by atoms with van der Waals surface area (Å²) in [6.07, 6.45) is -0.0570. The van der Waals surface area contributed by atoms with Crippen LogP contribution in [-0.2, 0) is 11.2 Å². The van der Waals surface area contributed by atoms with Crippen LogP contribution in [0.3, 0.4) is 0 Å². The molecule has 1 rings (SSSR count). The van der Waals surface area contributed by atoms with Crippen LogP contribution in [-0.4, -0.2) is 32.5 Å². The van der Waals surface area contributed by atoms with Gasteiger partial charge in [0.2, 0.25) is 6.54 Å². The highest BCUT2D eigenvalue weighted by Crippen LogP contribution is 2.34. The lowest BCUT2D eigenvalue weighted by Crippen LogP contribution is -2.27. The molecule has 0 aliphatic carbocycles. The summed E-state index contributed by atoms with van der Waals surface area (Å²) < 4.78 is 15.7. The summed E-state index contributed by atoms with van der Waals surface area (Å²) >= 11 is 0. The molecule has 1 aromatic rings. The predicted octanol–water partition coefficient (Wildman–Crippen LogP) is 3.51. The Bertz CT molecular complexity index is 571. The van der Waals surface area contributed by atoms with Crippen molar-refractivity contribution in [3.05, 3.63) is 29.1 Å². The van der Waals surface area contributed by atoms with E-state index in [1.807, 2.05) is 0 Å². The number of hydrogen-bond donors (Lipinski definition) is 1. The highest BCUT2D eigenvalue weighted by molar-refractivity contribution is 5.86. The van der Waals surface area contributed by atoms with Crippen molar-refractivity contribution >= 4 is 11.8 Å². The van der Waals surface area contributed by atoms with Crippen LogP contribution in [0, 0.1) is 6.57 Å². The molecule has 6 heteroatoms. The van der Waals surface area contributed by atoms with E-state index in [1.54, 1.807) is 32.9 Å². The van der Waals surface area contributed by atoms with Crippen LogP contribution >= 0.6 is 0 Å². The number of nitrogens with one attached hydrogen (secondary N) is 1. The second-order valence-electron chi connectivity index (χ2n) is 5.62. The van der Waals surface area contributed by atoms with Gasteiger partial charge in [-0.15, -0.1) is 0 Å². The van der Waals surface area contributed by atoms with Gasteiger partial charge in [-0.2, -0.15) is 0 Å². The molecular weight excluding hydrogens is 284 g/mol. The Morgan fingerprint density at radius 2 is 1.82 bits per heavy atom. The minimum absolute atomic E-state index is 0.318. The van der Waals surface area contributed by atoms with Gasteiger partial charge in [-0.25, -0.2) is 11.4 Å². The first kappa shape index (κ1) is 17.6. The van der Waals surface area contributed by atoms with Crippen molar-refractivity contribution < 1.29 is 19.0 Å². The maximum atomic E-state index is 11.9. The van der Waals surface area contributed by atoms with Gasteiger partial charge in [0, 0.05) is 12.5 Å².